The van der Waals surface area contributed by atoms with Gasteiger partial charge in [0.15, 0.2) is 0 Å². The Bertz CT molecular complexity index is 1000. The summed E-state index contributed by atoms with van der Waals surface area (Å²) in [6, 6.07) is 4.44. The highest BCUT2D eigenvalue weighted by molar-refractivity contribution is 8.00. The van der Waals surface area contributed by atoms with Crippen LogP contribution in [0.4, 0.5) is 0 Å². The number of hydrogen-bond donors (Lipinski definition) is 3. The normalized spacial score (nSPS) is 30.6. The largest absolute Gasteiger partial charge is 0.497 e. The predicted octanol–water partition coefficient (Wildman–Crippen LogP) is 2.15. The third-order valence-corrected chi connectivity index (χ3v) is 9.53. The molecule has 2 saturated heterocycles. The van der Waals surface area contributed by atoms with Gasteiger partial charge in [-0.25, -0.2) is 0 Å². The van der Waals surface area contributed by atoms with Crippen LogP contribution in [0, 0.1) is 5.41 Å². The summed E-state index contributed by atoms with van der Waals surface area (Å²) in [5, 5.41) is 5.88. The Labute approximate surface area is 212 Å². The SMILES string of the molecule is CN[C@@H](C)C(=O)NC1CC([C@@H]2CCCc3cc(OC)ccc32)SC2CC(C)(C)C(C(N)=O)N2C1=O. The third-order valence-electron chi connectivity index (χ3n) is 7.95. The second-order valence-corrected chi connectivity index (χ2v) is 12.2. The lowest BCUT2D eigenvalue weighted by Crippen LogP contribution is -2.57. The van der Waals surface area contributed by atoms with Crippen LogP contribution in [-0.2, 0) is 20.8 Å². The minimum atomic E-state index is -0.708. The fraction of sp³-hybridized carbons (Fsp3) is 0.654. The molecule has 3 aliphatic rings. The van der Waals surface area contributed by atoms with E-state index in [9.17, 15) is 14.4 Å². The molecule has 4 rings (SSSR count). The maximum Gasteiger partial charge on any atom is 0.246 e. The molecule has 2 heterocycles. The van der Waals surface area contributed by atoms with Crippen molar-refractivity contribution in [3.63, 3.8) is 0 Å². The molecular weight excluding hydrogens is 464 g/mol. The first-order valence-electron chi connectivity index (χ1n) is 12.5. The lowest BCUT2D eigenvalue weighted by Gasteiger charge is -2.34. The predicted molar refractivity (Wildman–Crippen MR) is 137 cm³/mol. The van der Waals surface area contributed by atoms with Crippen LogP contribution >= 0.6 is 11.8 Å². The molecule has 1 aromatic rings. The summed E-state index contributed by atoms with van der Waals surface area (Å²) in [6.07, 6.45) is 4.29. The van der Waals surface area contributed by atoms with E-state index in [-0.39, 0.29) is 28.4 Å². The number of fused-ring (bicyclic) bond motifs is 2. The fourth-order valence-electron chi connectivity index (χ4n) is 6.03. The Kier molecular flexibility index (Phi) is 7.38. The number of rotatable bonds is 6. The fourth-order valence-corrected chi connectivity index (χ4v) is 8.09. The number of primary amides is 1. The number of hydrogen-bond acceptors (Lipinski definition) is 6. The molecule has 4 N–H and O–H groups in total. The Morgan fingerprint density at radius 2 is 2.06 bits per heavy atom. The molecule has 35 heavy (non-hydrogen) atoms. The van der Waals surface area contributed by atoms with Crippen molar-refractivity contribution in [3.8, 4) is 5.75 Å². The molecule has 8 nitrogen and oxygen atoms in total. The van der Waals surface area contributed by atoms with E-state index in [2.05, 4.69) is 22.8 Å². The van der Waals surface area contributed by atoms with E-state index >= 15 is 0 Å². The summed E-state index contributed by atoms with van der Waals surface area (Å²) in [7, 11) is 3.40. The van der Waals surface area contributed by atoms with Gasteiger partial charge in [-0.3, -0.25) is 14.4 Å². The number of aryl methyl sites for hydroxylation is 1. The van der Waals surface area contributed by atoms with Crippen LogP contribution in [0.25, 0.3) is 0 Å². The Morgan fingerprint density at radius 3 is 2.71 bits per heavy atom. The highest BCUT2D eigenvalue weighted by atomic mass is 32.2. The highest BCUT2D eigenvalue weighted by Crippen LogP contribution is 2.51. The Morgan fingerprint density at radius 1 is 1.31 bits per heavy atom. The number of nitrogens with two attached hydrogens (primary N) is 1. The average molecular weight is 503 g/mol. The summed E-state index contributed by atoms with van der Waals surface area (Å²) >= 11 is 1.77. The first kappa shape index (κ1) is 25.8. The smallest absolute Gasteiger partial charge is 0.246 e. The van der Waals surface area contributed by atoms with Crippen LogP contribution in [0.3, 0.4) is 0 Å². The maximum atomic E-state index is 13.9. The highest BCUT2D eigenvalue weighted by Gasteiger charge is 2.55. The minimum absolute atomic E-state index is 0.110. The van der Waals surface area contributed by atoms with Gasteiger partial charge in [0.05, 0.1) is 18.5 Å². The molecule has 3 amide bonds. The van der Waals surface area contributed by atoms with E-state index in [0.29, 0.717) is 12.8 Å². The van der Waals surface area contributed by atoms with Crippen LogP contribution in [0.2, 0.25) is 0 Å². The average Bonchev–Trinajstić information content (AvgIpc) is 3.03. The molecule has 0 spiro atoms. The zero-order valence-corrected chi connectivity index (χ0v) is 22.1. The van der Waals surface area contributed by atoms with Gasteiger partial charge in [-0.1, -0.05) is 19.9 Å². The van der Waals surface area contributed by atoms with Crippen LogP contribution < -0.4 is 21.1 Å². The number of ether oxygens (including phenoxy) is 1. The standard InChI is InChI=1S/C26H38N4O4S/c1-14(28-4)24(32)29-19-12-20(18-8-6-7-15-11-16(34-5)9-10-17(15)18)35-21-13-26(2,3)22(23(27)31)30(21)25(19)33/h9-11,14,18-22,28H,6-8,12-13H2,1-5H3,(H2,27,31)(H,29,32)/t14-,18+,19?,20?,21?,22?/m0/s1. The molecule has 1 aliphatic carbocycles. The molecule has 4 unspecified atom stereocenters. The van der Waals surface area contributed by atoms with Crippen molar-refractivity contribution in [2.24, 2.45) is 11.1 Å². The molecule has 0 bridgehead atoms. The number of amides is 3. The number of methoxy groups -OCH3 is 1. The lowest BCUT2D eigenvalue weighted by atomic mass is 9.79. The van der Waals surface area contributed by atoms with E-state index in [1.165, 1.54) is 11.1 Å². The number of likely N-dealkylation sites (N-methyl/N-ethyl adjacent to an activating group) is 1. The van der Waals surface area contributed by atoms with Gasteiger partial charge in [-0.05, 0) is 80.7 Å². The number of carbonyl (C=O) groups is 3. The van der Waals surface area contributed by atoms with E-state index < -0.39 is 29.4 Å². The monoisotopic (exact) mass is 502 g/mol. The molecule has 0 saturated carbocycles. The zero-order valence-electron chi connectivity index (χ0n) is 21.3. The van der Waals surface area contributed by atoms with Gasteiger partial charge in [0.25, 0.3) is 0 Å². The topological polar surface area (TPSA) is 114 Å². The number of thioether (sulfide) groups is 1. The van der Waals surface area contributed by atoms with Gasteiger partial charge in [0.2, 0.25) is 17.7 Å². The lowest BCUT2D eigenvalue weighted by molar-refractivity contribution is -0.142. The number of benzene rings is 1. The molecule has 1 aromatic carbocycles. The van der Waals surface area contributed by atoms with Gasteiger partial charge in [0.1, 0.15) is 17.8 Å². The van der Waals surface area contributed by atoms with Crippen molar-refractivity contribution >= 4 is 29.5 Å². The van der Waals surface area contributed by atoms with E-state index in [4.69, 9.17) is 10.5 Å². The maximum absolute atomic E-state index is 13.9. The molecule has 0 aromatic heterocycles. The summed E-state index contributed by atoms with van der Waals surface area (Å²) in [4.78, 5) is 40.9. The summed E-state index contributed by atoms with van der Waals surface area (Å²) in [5.74, 6) is 0.179. The van der Waals surface area contributed by atoms with E-state index in [0.717, 1.165) is 25.0 Å². The van der Waals surface area contributed by atoms with Gasteiger partial charge in [0, 0.05) is 5.25 Å². The second kappa shape index (κ2) is 10.0. The quantitative estimate of drug-likeness (QED) is 0.549. The van der Waals surface area contributed by atoms with Gasteiger partial charge in [-0.15, -0.1) is 11.8 Å². The van der Waals surface area contributed by atoms with Crippen LogP contribution in [0.15, 0.2) is 18.2 Å². The summed E-state index contributed by atoms with van der Waals surface area (Å²) < 4.78 is 5.45. The van der Waals surface area contributed by atoms with Crippen molar-refractivity contribution in [1.82, 2.24) is 15.5 Å². The number of carbonyl (C=O) groups excluding carboxylic acids is 3. The Hall–Kier alpha value is -2.26. The van der Waals surface area contributed by atoms with Crippen molar-refractivity contribution in [2.45, 2.75) is 87.5 Å². The molecule has 192 valence electrons. The van der Waals surface area contributed by atoms with Gasteiger partial charge < -0.3 is 26.0 Å². The van der Waals surface area contributed by atoms with Gasteiger partial charge in [-0.2, -0.15) is 0 Å². The molecule has 2 aliphatic heterocycles. The van der Waals surface area contributed by atoms with Crippen LogP contribution in [0.1, 0.15) is 63.5 Å². The molecule has 0 radical (unpaired) electrons. The molecule has 9 heteroatoms. The van der Waals surface area contributed by atoms with Crippen molar-refractivity contribution in [3.05, 3.63) is 29.3 Å². The summed E-state index contributed by atoms with van der Waals surface area (Å²) in [6.45, 7) is 5.76. The third kappa shape index (κ3) is 4.89. The van der Waals surface area contributed by atoms with Crippen molar-refractivity contribution in [1.29, 1.82) is 0 Å². The number of nitrogens with zero attached hydrogens (tertiary/aromatic N) is 1. The zero-order chi connectivity index (χ0) is 25.5. The van der Waals surface area contributed by atoms with Crippen molar-refractivity contribution in [2.75, 3.05) is 14.2 Å². The summed E-state index contributed by atoms with van der Waals surface area (Å²) in [5.41, 5.74) is 7.98. The first-order chi connectivity index (χ1) is 16.6. The number of nitrogens with one attached hydrogen (secondary N) is 2. The van der Waals surface area contributed by atoms with Gasteiger partial charge >= 0.3 is 0 Å². The van der Waals surface area contributed by atoms with Crippen molar-refractivity contribution < 1.29 is 19.1 Å². The Balaban J connectivity index is 1.71. The van der Waals surface area contributed by atoms with Crippen LogP contribution in [-0.4, -0.2) is 65.5 Å². The molecular formula is C26H38N4O4S. The second-order valence-electron chi connectivity index (χ2n) is 10.7. The molecule has 2 fully saturated rings. The first-order valence-corrected chi connectivity index (χ1v) is 13.4. The minimum Gasteiger partial charge on any atom is -0.497 e. The van der Waals surface area contributed by atoms with E-state index in [1.54, 1.807) is 37.7 Å². The van der Waals surface area contributed by atoms with E-state index in [1.807, 2.05) is 19.9 Å². The van der Waals surface area contributed by atoms with Crippen LogP contribution in [0.5, 0.6) is 5.75 Å². The molecule has 6 atom stereocenters.